The minimum Gasteiger partial charge on any atom is -0.396 e. The molecule has 0 aliphatic heterocycles. The van der Waals surface area contributed by atoms with Crippen LogP contribution in [0, 0.1) is 5.41 Å². The molecule has 0 atom stereocenters. The van der Waals surface area contributed by atoms with Crippen molar-refractivity contribution in [3.05, 3.63) is 0 Å². The van der Waals surface area contributed by atoms with Crippen LogP contribution >= 0.6 is 0 Å². The Labute approximate surface area is 119 Å². The molecule has 1 rings (SSSR count). The van der Waals surface area contributed by atoms with Crippen LogP contribution in [0.3, 0.4) is 0 Å². The minimum absolute atomic E-state index is 0.220. The van der Waals surface area contributed by atoms with E-state index in [1.165, 1.54) is 77.0 Å². The molecule has 1 aliphatic rings. The first-order valence-corrected chi connectivity index (χ1v) is 8.55. The fourth-order valence-corrected chi connectivity index (χ4v) is 3.64. The van der Waals surface area contributed by atoms with Gasteiger partial charge in [0.25, 0.3) is 0 Å². The van der Waals surface area contributed by atoms with Gasteiger partial charge in [0.05, 0.1) is 0 Å². The van der Waals surface area contributed by atoms with E-state index in [0.29, 0.717) is 0 Å². The summed E-state index contributed by atoms with van der Waals surface area (Å²) in [5.74, 6) is 0. The standard InChI is InChI=1S/C17H34O2/c18-15-13-17(14-16-19)11-9-7-5-3-1-2-4-6-8-10-12-17/h18-19H,1-16H2. The number of aliphatic hydroxyl groups is 2. The lowest BCUT2D eigenvalue weighted by Crippen LogP contribution is -2.24. The maximum Gasteiger partial charge on any atom is 0.0436 e. The summed E-state index contributed by atoms with van der Waals surface area (Å²) in [7, 11) is 0. The smallest absolute Gasteiger partial charge is 0.0436 e. The van der Waals surface area contributed by atoms with Gasteiger partial charge >= 0.3 is 0 Å². The molecule has 0 bridgehead atoms. The third kappa shape index (κ3) is 7.31. The first-order chi connectivity index (χ1) is 9.33. The van der Waals surface area contributed by atoms with E-state index in [0.717, 1.165) is 12.8 Å². The molecule has 0 unspecified atom stereocenters. The van der Waals surface area contributed by atoms with Crippen LogP contribution in [0.2, 0.25) is 0 Å². The van der Waals surface area contributed by atoms with E-state index < -0.39 is 0 Å². The normalized spacial score (nSPS) is 23.1. The fraction of sp³-hybridized carbons (Fsp3) is 1.00. The molecule has 114 valence electrons. The first kappa shape index (κ1) is 17.0. The van der Waals surface area contributed by atoms with Gasteiger partial charge in [0.2, 0.25) is 0 Å². The molecule has 1 aliphatic carbocycles. The van der Waals surface area contributed by atoms with Crippen molar-refractivity contribution in [2.75, 3.05) is 13.2 Å². The van der Waals surface area contributed by atoms with Gasteiger partial charge in [-0.2, -0.15) is 0 Å². The molecule has 1 saturated carbocycles. The Morgan fingerprint density at radius 1 is 0.526 bits per heavy atom. The second kappa shape index (κ2) is 10.7. The number of aliphatic hydroxyl groups excluding tert-OH is 2. The highest BCUT2D eigenvalue weighted by Gasteiger charge is 2.28. The number of hydrogen-bond donors (Lipinski definition) is 2. The van der Waals surface area contributed by atoms with E-state index in [-0.39, 0.29) is 18.6 Å². The summed E-state index contributed by atoms with van der Waals surface area (Å²) >= 11 is 0. The predicted molar refractivity (Wildman–Crippen MR) is 81.2 cm³/mol. The maximum atomic E-state index is 9.36. The molecule has 0 amide bonds. The lowest BCUT2D eigenvalue weighted by Gasteiger charge is -2.33. The fourth-order valence-electron chi connectivity index (χ4n) is 3.64. The van der Waals surface area contributed by atoms with Crippen LogP contribution in [-0.4, -0.2) is 23.4 Å². The van der Waals surface area contributed by atoms with Crippen molar-refractivity contribution < 1.29 is 10.2 Å². The number of hydrogen-bond acceptors (Lipinski definition) is 2. The third-order valence-electron chi connectivity index (χ3n) is 4.95. The molecule has 0 aromatic heterocycles. The van der Waals surface area contributed by atoms with Gasteiger partial charge < -0.3 is 10.2 Å². The average Bonchev–Trinajstić information content (AvgIpc) is 2.42. The van der Waals surface area contributed by atoms with Crippen molar-refractivity contribution in [3.63, 3.8) is 0 Å². The quantitative estimate of drug-likeness (QED) is 0.793. The molecule has 0 aromatic rings. The van der Waals surface area contributed by atoms with Crippen LogP contribution in [0.1, 0.15) is 89.9 Å². The lowest BCUT2D eigenvalue weighted by atomic mass is 9.73. The van der Waals surface area contributed by atoms with Gasteiger partial charge in [-0.15, -0.1) is 0 Å². The zero-order valence-corrected chi connectivity index (χ0v) is 12.7. The zero-order chi connectivity index (χ0) is 13.8. The molecular formula is C17H34O2. The van der Waals surface area contributed by atoms with Crippen molar-refractivity contribution >= 4 is 0 Å². The van der Waals surface area contributed by atoms with E-state index >= 15 is 0 Å². The summed E-state index contributed by atoms with van der Waals surface area (Å²) in [5.41, 5.74) is 0.220. The van der Waals surface area contributed by atoms with Crippen LogP contribution in [0.4, 0.5) is 0 Å². The monoisotopic (exact) mass is 270 g/mol. The topological polar surface area (TPSA) is 40.5 Å². The molecule has 2 heteroatoms. The minimum atomic E-state index is 0.220. The summed E-state index contributed by atoms with van der Waals surface area (Å²) in [6.07, 6.45) is 17.8. The Morgan fingerprint density at radius 3 is 1.16 bits per heavy atom. The zero-order valence-electron chi connectivity index (χ0n) is 12.7. The molecule has 19 heavy (non-hydrogen) atoms. The van der Waals surface area contributed by atoms with Crippen LogP contribution < -0.4 is 0 Å². The van der Waals surface area contributed by atoms with Gasteiger partial charge in [-0.1, -0.05) is 64.2 Å². The highest BCUT2D eigenvalue weighted by molar-refractivity contribution is 4.79. The molecule has 0 aromatic carbocycles. The van der Waals surface area contributed by atoms with Gasteiger partial charge in [-0.05, 0) is 31.1 Å². The largest absolute Gasteiger partial charge is 0.396 e. The Morgan fingerprint density at radius 2 is 0.842 bits per heavy atom. The van der Waals surface area contributed by atoms with Gasteiger partial charge in [0.15, 0.2) is 0 Å². The first-order valence-electron chi connectivity index (χ1n) is 8.55. The lowest BCUT2D eigenvalue weighted by molar-refractivity contribution is 0.108. The summed E-state index contributed by atoms with van der Waals surface area (Å²) < 4.78 is 0. The van der Waals surface area contributed by atoms with Crippen molar-refractivity contribution in [2.24, 2.45) is 5.41 Å². The molecule has 1 fully saturated rings. The van der Waals surface area contributed by atoms with Crippen LogP contribution in [0.5, 0.6) is 0 Å². The van der Waals surface area contributed by atoms with E-state index in [1.54, 1.807) is 0 Å². The molecule has 0 spiro atoms. The molecule has 2 N–H and O–H groups in total. The SMILES string of the molecule is OCCC1(CCO)CCCCCCCCCCCC1. The Kier molecular flexibility index (Phi) is 9.54. The predicted octanol–water partition coefficient (Wildman–Crippen LogP) is 4.43. The highest BCUT2D eigenvalue weighted by atomic mass is 16.3. The van der Waals surface area contributed by atoms with Gasteiger partial charge in [0, 0.05) is 13.2 Å². The summed E-state index contributed by atoms with van der Waals surface area (Å²) in [6, 6.07) is 0. The second-order valence-corrected chi connectivity index (χ2v) is 6.48. The Bertz CT molecular complexity index is 181. The van der Waals surface area contributed by atoms with Crippen molar-refractivity contribution in [2.45, 2.75) is 89.9 Å². The third-order valence-corrected chi connectivity index (χ3v) is 4.95. The summed E-state index contributed by atoms with van der Waals surface area (Å²) in [4.78, 5) is 0. The van der Waals surface area contributed by atoms with E-state index in [9.17, 15) is 10.2 Å². The summed E-state index contributed by atoms with van der Waals surface area (Å²) in [5, 5.41) is 18.7. The molecule has 0 saturated heterocycles. The van der Waals surface area contributed by atoms with Crippen LogP contribution in [0.15, 0.2) is 0 Å². The van der Waals surface area contributed by atoms with E-state index in [1.807, 2.05) is 0 Å². The maximum absolute atomic E-state index is 9.36. The highest BCUT2D eigenvalue weighted by Crippen LogP contribution is 2.38. The van der Waals surface area contributed by atoms with Crippen LogP contribution in [-0.2, 0) is 0 Å². The molecular weight excluding hydrogens is 236 g/mol. The average molecular weight is 270 g/mol. The van der Waals surface area contributed by atoms with Gasteiger partial charge in [0.1, 0.15) is 0 Å². The molecule has 0 radical (unpaired) electrons. The van der Waals surface area contributed by atoms with Gasteiger partial charge in [-0.3, -0.25) is 0 Å². The van der Waals surface area contributed by atoms with E-state index in [2.05, 4.69) is 0 Å². The van der Waals surface area contributed by atoms with Crippen molar-refractivity contribution in [1.29, 1.82) is 0 Å². The molecule has 0 heterocycles. The second-order valence-electron chi connectivity index (χ2n) is 6.48. The molecule has 2 nitrogen and oxygen atoms in total. The van der Waals surface area contributed by atoms with Crippen molar-refractivity contribution in [3.8, 4) is 0 Å². The Hall–Kier alpha value is -0.0800. The Balaban J connectivity index is 2.51. The van der Waals surface area contributed by atoms with Crippen LogP contribution in [0.25, 0.3) is 0 Å². The van der Waals surface area contributed by atoms with Gasteiger partial charge in [-0.25, -0.2) is 0 Å². The summed E-state index contributed by atoms with van der Waals surface area (Å²) in [6.45, 7) is 0.556. The van der Waals surface area contributed by atoms with Crippen molar-refractivity contribution in [1.82, 2.24) is 0 Å². The number of rotatable bonds is 4. The van der Waals surface area contributed by atoms with E-state index in [4.69, 9.17) is 0 Å².